The summed E-state index contributed by atoms with van der Waals surface area (Å²) in [5.41, 5.74) is 5.56. The number of piperazine rings is 1. The fraction of sp³-hybridized carbons (Fsp3) is 0.222. The van der Waals surface area contributed by atoms with Gasteiger partial charge >= 0.3 is 0 Å². The Morgan fingerprint density at radius 2 is 1.52 bits per heavy atom. The monoisotopic (exact) mass is 476 g/mol. The molecule has 33 heavy (non-hydrogen) atoms. The average molecular weight is 477 g/mol. The van der Waals surface area contributed by atoms with Crippen LogP contribution in [0, 0.1) is 0 Å². The van der Waals surface area contributed by atoms with Gasteiger partial charge in [-0.25, -0.2) is 0 Å². The third kappa shape index (κ3) is 5.31. The summed E-state index contributed by atoms with van der Waals surface area (Å²) in [7, 11) is 0. The molecule has 6 heteroatoms. The van der Waals surface area contributed by atoms with Crippen LogP contribution in [0.25, 0.3) is 10.9 Å². The first-order valence-electron chi connectivity index (χ1n) is 11.2. The molecule has 1 atom stereocenters. The number of nitrogens with zero attached hydrogens (tertiary/aromatic N) is 2. The molecule has 1 unspecified atom stereocenters. The Morgan fingerprint density at radius 1 is 0.848 bits per heavy atom. The number of fused-ring (bicyclic) bond motifs is 1. The third-order valence-corrected chi connectivity index (χ3v) is 6.62. The maximum absolute atomic E-state index is 6.19. The number of anilines is 1. The Hall–Kier alpha value is -2.63. The van der Waals surface area contributed by atoms with E-state index in [2.05, 4.69) is 56.9 Å². The summed E-state index contributed by atoms with van der Waals surface area (Å²) < 4.78 is 0. The van der Waals surface area contributed by atoms with Gasteiger partial charge in [0.05, 0.1) is 11.6 Å². The van der Waals surface area contributed by atoms with Gasteiger partial charge in [-0.05, 0) is 53.1 Å². The molecule has 168 valence electrons. The van der Waals surface area contributed by atoms with E-state index >= 15 is 0 Å². The van der Waals surface area contributed by atoms with E-state index in [0.717, 1.165) is 59.9 Å². The van der Waals surface area contributed by atoms with Gasteiger partial charge in [-0.1, -0.05) is 59.6 Å². The Bertz CT molecular complexity index is 1220. The predicted octanol–water partition coefficient (Wildman–Crippen LogP) is 6.15. The van der Waals surface area contributed by atoms with Crippen molar-refractivity contribution < 1.29 is 0 Å². The molecule has 0 saturated carbocycles. The van der Waals surface area contributed by atoms with Crippen LogP contribution in [-0.4, -0.2) is 36.1 Å². The summed E-state index contributed by atoms with van der Waals surface area (Å²) >= 11 is 12.4. The van der Waals surface area contributed by atoms with Gasteiger partial charge in [-0.2, -0.15) is 0 Å². The minimum atomic E-state index is -0.0308. The first kappa shape index (κ1) is 22.2. The zero-order valence-electron chi connectivity index (χ0n) is 18.3. The Labute approximate surface area is 204 Å². The van der Waals surface area contributed by atoms with Crippen molar-refractivity contribution in [1.82, 2.24) is 15.2 Å². The molecule has 4 nitrogen and oxygen atoms in total. The maximum Gasteiger partial charge on any atom is 0.0767 e. The molecule has 0 aliphatic carbocycles. The number of aromatic nitrogens is 1. The highest BCUT2D eigenvalue weighted by molar-refractivity contribution is 6.31. The highest BCUT2D eigenvalue weighted by Crippen LogP contribution is 2.32. The second-order valence-electron chi connectivity index (χ2n) is 8.42. The minimum absolute atomic E-state index is 0.0308. The quantitative estimate of drug-likeness (QED) is 0.350. The van der Waals surface area contributed by atoms with Crippen molar-refractivity contribution in [3.8, 4) is 0 Å². The second kappa shape index (κ2) is 10.1. The van der Waals surface area contributed by atoms with Crippen LogP contribution in [0.3, 0.4) is 0 Å². The van der Waals surface area contributed by atoms with E-state index in [0.29, 0.717) is 5.02 Å². The van der Waals surface area contributed by atoms with Gasteiger partial charge in [-0.15, -0.1) is 0 Å². The molecule has 3 aromatic carbocycles. The lowest BCUT2D eigenvalue weighted by Crippen LogP contribution is -2.42. The highest BCUT2D eigenvalue weighted by Gasteiger charge is 2.17. The van der Waals surface area contributed by atoms with E-state index in [1.165, 1.54) is 11.1 Å². The van der Waals surface area contributed by atoms with Crippen molar-refractivity contribution >= 4 is 39.8 Å². The number of nitrogens with one attached hydrogen (secondary N) is 2. The zero-order chi connectivity index (χ0) is 22.6. The Kier molecular flexibility index (Phi) is 6.79. The van der Waals surface area contributed by atoms with Gasteiger partial charge < -0.3 is 10.6 Å². The molecule has 4 aromatic rings. The molecule has 1 aliphatic heterocycles. The Balaban J connectivity index is 1.46. The predicted molar refractivity (Wildman–Crippen MR) is 138 cm³/mol. The zero-order valence-corrected chi connectivity index (χ0v) is 19.8. The van der Waals surface area contributed by atoms with Crippen LogP contribution in [0.5, 0.6) is 0 Å². The number of hydrogen-bond donors (Lipinski definition) is 2. The van der Waals surface area contributed by atoms with Crippen molar-refractivity contribution in [1.29, 1.82) is 0 Å². The summed E-state index contributed by atoms with van der Waals surface area (Å²) in [6.45, 7) is 5.29. The molecule has 0 bridgehead atoms. The summed E-state index contributed by atoms with van der Waals surface area (Å²) in [5, 5.41) is 9.61. The fourth-order valence-electron chi connectivity index (χ4n) is 4.36. The fourth-order valence-corrected chi connectivity index (χ4v) is 4.65. The van der Waals surface area contributed by atoms with Crippen LogP contribution in [0.15, 0.2) is 79.0 Å². The molecular weight excluding hydrogens is 451 g/mol. The van der Waals surface area contributed by atoms with Crippen molar-refractivity contribution in [2.75, 3.05) is 31.5 Å². The summed E-state index contributed by atoms with van der Waals surface area (Å²) in [6, 6.07) is 24.8. The number of hydrogen-bond acceptors (Lipinski definition) is 4. The molecule has 0 radical (unpaired) electrons. The summed E-state index contributed by atoms with van der Waals surface area (Å²) in [6.07, 6.45) is 1.82. The van der Waals surface area contributed by atoms with E-state index in [1.807, 2.05) is 42.6 Å². The number of pyridine rings is 1. The summed E-state index contributed by atoms with van der Waals surface area (Å²) in [4.78, 5) is 6.98. The third-order valence-electron chi connectivity index (χ3n) is 6.14. The van der Waals surface area contributed by atoms with Crippen molar-refractivity contribution in [2.45, 2.75) is 12.6 Å². The van der Waals surface area contributed by atoms with Crippen LogP contribution < -0.4 is 10.6 Å². The molecule has 1 saturated heterocycles. The molecule has 1 aliphatic rings. The smallest absolute Gasteiger partial charge is 0.0767 e. The molecule has 2 heterocycles. The van der Waals surface area contributed by atoms with Gasteiger partial charge in [-0.3, -0.25) is 9.88 Å². The lowest BCUT2D eigenvalue weighted by atomic mass is 9.97. The van der Waals surface area contributed by atoms with Gasteiger partial charge in [0.15, 0.2) is 0 Å². The van der Waals surface area contributed by atoms with Gasteiger partial charge in [0.25, 0.3) is 0 Å². The van der Waals surface area contributed by atoms with Crippen molar-refractivity contribution in [2.24, 2.45) is 0 Å². The van der Waals surface area contributed by atoms with Gasteiger partial charge in [0, 0.05) is 60.0 Å². The van der Waals surface area contributed by atoms with E-state index in [1.54, 1.807) is 0 Å². The number of benzene rings is 3. The molecule has 0 spiro atoms. The standard InChI is InChI=1S/C27H26Cl2N4/c28-22-7-5-21(6-8-22)27(32-25-11-12-31-26-17-23(29)9-10-24(25)26)20-3-1-19(2-4-20)18-33-15-13-30-14-16-33/h1-12,17,27,30H,13-16,18H2,(H,31,32). The lowest BCUT2D eigenvalue weighted by Gasteiger charge is -2.27. The minimum Gasteiger partial charge on any atom is -0.374 e. The molecule has 2 N–H and O–H groups in total. The maximum atomic E-state index is 6.19. The second-order valence-corrected chi connectivity index (χ2v) is 9.29. The van der Waals surface area contributed by atoms with E-state index in [-0.39, 0.29) is 6.04 Å². The summed E-state index contributed by atoms with van der Waals surface area (Å²) in [5.74, 6) is 0. The first-order valence-corrected chi connectivity index (χ1v) is 12.0. The molecule has 5 rings (SSSR count). The van der Waals surface area contributed by atoms with E-state index in [9.17, 15) is 0 Å². The number of rotatable bonds is 6. The van der Waals surface area contributed by atoms with Gasteiger partial charge in [0.2, 0.25) is 0 Å². The first-order chi connectivity index (χ1) is 16.2. The van der Waals surface area contributed by atoms with Gasteiger partial charge in [0.1, 0.15) is 0 Å². The normalized spacial score (nSPS) is 15.5. The van der Waals surface area contributed by atoms with Crippen LogP contribution >= 0.6 is 23.2 Å². The molecular formula is C27H26Cl2N4. The topological polar surface area (TPSA) is 40.2 Å². The van der Waals surface area contributed by atoms with E-state index in [4.69, 9.17) is 23.2 Å². The largest absolute Gasteiger partial charge is 0.374 e. The van der Waals surface area contributed by atoms with Crippen LogP contribution in [0.4, 0.5) is 5.69 Å². The van der Waals surface area contributed by atoms with Crippen molar-refractivity contribution in [3.63, 3.8) is 0 Å². The van der Waals surface area contributed by atoms with Crippen molar-refractivity contribution in [3.05, 3.63) is 106 Å². The SMILES string of the molecule is Clc1ccc(C(Nc2ccnc3cc(Cl)ccc23)c2ccc(CN3CCNCC3)cc2)cc1. The van der Waals surface area contributed by atoms with Crippen LogP contribution in [0.2, 0.25) is 10.0 Å². The lowest BCUT2D eigenvalue weighted by molar-refractivity contribution is 0.233. The average Bonchev–Trinajstić information content (AvgIpc) is 2.84. The molecule has 0 amide bonds. The van der Waals surface area contributed by atoms with E-state index < -0.39 is 0 Å². The number of halogens is 2. The van der Waals surface area contributed by atoms with Crippen LogP contribution in [0.1, 0.15) is 22.7 Å². The molecule has 1 fully saturated rings. The van der Waals surface area contributed by atoms with Crippen LogP contribution in [-0.2, 0) is 6.54 Å². The molecule has 1 aromatic heterocycles. The highest BCUT2D eigenvalue weighted by atomic mass is 35.5. The Morgan fingerprint density at radius 3 is 2.24 bits per heavy atom.